The van der Waals surface area contributed by atoms with Crippen LogP contribution >= 0.6 is 0 Å². The number of hydrogen-bond donors (Lipinski definition) is 3. The van der Waals surface area contributed by atoms with Crippen molar-refractivity contribution >= 4 is 34.3 Å². The van der Waals surface area contributed by atoms with E-state index in [1.54, 1.807) is 0 Å². The molecule has 1 unspecified atom stereocenters. The highest BCUT2D eigenvalue weighted by Gasteiger charge is 2.28. The lowest BCUT2D eigenvalue weighted by atomic mass is 9.90. The Hall–Kier alpha value is -3.34. The Labute approximate surface area is 145 Å². The lowest BCUT2D eigenvalue weighted by Crippen LogP contribution is -2.15. The smallest absolute Gasteiger partial charge is 0.273 e. The third-order valence-corrected chi connectivity index (χ3v) is 4.57. The highest BCUT2D eigenvalue weighted by molar-refractivity contribution is 6.29. The number of nitrogen functional groups attached to an aromatic ring is 1. The summed E-state index contributed by atoms with van der Waals surface area (Å²) in [5.41, 5.74) is 13.5. The molecule has 1 atom stereocenters. The van der Waals surface area contributed by atoms with E-state index in [-0.39, 0.29) is 11.8 Å². The van der Waals surface area contributed by atoms with Gasteiger partial charge in [-0.25, -0.2) is 5.43 Å². The maximum atomic E-state index is 12.3. The fourth-order valence-corrected chi connectivity index (χ4v) is 3.13. The van der Waals surface area contributed by atoms with E-state index >= 15 is 0 Å². The van der Waals surface area contributed by atoms with Gasteiger partial charge in [0.1, 0.15) is 0 Å². The van der Waals surface area contributed by atoms with Crippen molar-refractivity contribution in [2.24, 2.45) is 5.10 Å². The zero-order valence-corrected chi connectivity index (χ0v) is 13.8. The second-order valence-corrected chi connectivity index (χ2v) is 6.17. The lowest BCUT2D eigenvalue weighted by Gasteiger charge is -2.12. The number of nitrogens with two attached hydrogens (primary N) is 1. The number of carbonyl (C=O) groups is 1. The van der Waals surface area contributed by atoms with Crippen molar-refractivity contribution in [3.05, 3.63) is 71.4 Å². The Morgan fingerprint density at radius 3 is 2.68 bits per heavy atom. The SMILES string of the molecule is CC(C1=NNC(=O)/C1=C\c1c[nH]c2ccccc12)c1ccc(N)cc1. The van der Waals surface area contributed by atoms with Crippen LogP contribution in [0, 0.1) is 0 Å². The molecule has 0 aliphatic carbocycles. The van der Waals surface area contributed by atoms with Gasteiger partial charge in [0, 0.05) is 34.3 Å². The molecule has 0 saturated carbocycles. The fourth-order valence-electron chi connectivity index (χ4n) is 3.13. The zero-order valence-electron chi connectivity index (χ0n) is 13.8. The normalized spacial score (nSPS) is 16.9. The van der Waals surface area contributed by atoms with Crippen LogP contribution in [0.4, 0.5) is 5.69 Å². The summed E-state index contributed by atoms with van der Waals surface area (Å²) >= 11 is 0. The molecule has 4 rings (SSSR count). The molecule has 5 nitrogen and oxygen atoms in total. The van der Waals surface area contributed by atoms with Gasteiger partial charge in [-0.1, -0.05) is 37.3 Å². The Kier molecular flexibility index (Phi) is 3.61. The Morgan fingerprint density at radius 2 is 1.88 bits per heavy atom. The van der Waals surface area contributed by atoms with Crippen LogP contribution in [0.25, 0.3) is 17.0 Å². The zero-order chi connectivity index (χ0) is 17.4. The molecule has 0 fully saturated rings. The van der Waals surface area contributed by atoms with E-state index in [4.69, 9.17) is 5.73 Å². The Morgan fingerprint density at radius 1 is 1.12 bits per heavy atom. The van der Waals surface area contributed by atoms with E-state index in [1.807, 2.05) is 67.7 Å². The first-order chi connectivity index (χ1) is 12.1. The minimum Gasteiger partial charge on any atom is -0.399 e. The van der Waals surface area contributed by atoms with Crippen LogP contribution in [0.5, 0.6) is 0 Å². The average molecular weight is 330 g/mol. The highest BCUT2D eigenvalue weighted by atomic mass is 16.2. The van der Waals surface area contributed by atoms with E-state index in [0.29, 0.717) is 11.3 Å². The van der Waals surface area contributed by atoms with Crippen LogP contribution in [-0.4, -0.2) is 16.6 Å². The number of nitrogens with zero attached hydrogens (tertiary/aromatic N) is 1. The van der Waals surface area contributed by atoms with Crippen LogP contribution in [0.2, 0.25) is 0 Å². The maximum absolute atomic E-state index is 12.3. The van der Waals surface area contributed by atoms with Gasteiger partial charge in [-0.15, -0.1) is 0 Å². The van der Waals surface area contributed by atoms with Gasteiger partial charge in [-0.05, 0) is 29.8 Å². The Balaban J connectivity index is 1.73. The quantitative estimate of drug-likeness (QED) is 0.508. The number of amides is 1. The van der Waals surface area contributed by atoms with E-state index in [9.17, 15) is 4.79 Å². The second-order valence-electron chi connectivity index (χ2n) is 6.17. The van der Waals surface area contributed by atoms with Crippen molar-refractivity contribution in [1.82, 2.24) is 10.4 Å². The van der Waals surface area contributed by atoms with Gasteiger partial charge in [0.2, 0.25) is 0 Å². The van der Waals surface area contributed by atoms with E-state index in [0.717, 1.165) is 27.7 Å². The molecule has 4 N–H and O–H groups in total. The molecule has 0 spiro atoms. The molecule has 3 aromatic rings. The van der Waals surface area contributed by atoms with Crippen molar-refractivity contribution in [1.29, 1.82) is 0 Å². The third kappa shape index (κ3) is 2.70. The monoisotopic (exact) mass is 330 g/mol. The molecule has 5 heteroatoms. The number of fused-ring (bicyclic) bond motifs is 1. The van der Waals surface area contributed by atoms with E-state index in [1.165, 1.54) is 0 Å². The number of aromatic amines is 1. The van der Waals surface area contributed by atoms with Crippen molar-refractivity contribution in [2.75, 3.05) is 5.73 Å². The van der Waals surface area contributed by atoms with Crippen molar-refractivity contribution in [2.45, 2.75) is 12.8 Å². The molecule has 1 aromatic heterocycles. The first kappa shape index (κ1) is 15.2. The summed E-state index contributed by atoms with van der Waals surface area (Å²) in [6.45, 7) is 2.04. The molecular weight excluding hydrogens is 312 g/mol. The summed E-state index contributed by atoms with van der Waals surface area (Å²) in [5.74, 6) is -0.196. The van der Waals surface area contributed by atoms with Gasteiger partial charge >= 0.3 is 0 Å². The predicted octanol–water partition coefficient (Wildman–Crippen LogP) is 3.42. The summed E-state index contributed by atoms with van der Waals surface area (Å²) in [6.07, 6.45) is 3.81. The third-order valence-electron chi connectivity index (χ3n) is 4.57. The summed E-state index contributed by atoms with van der Waals surface area (Å²) < 4.78 is 0. The summed E-state index contributed by atoms with van der Waals surface area (Å²) in [4.78, 5) is 15.5. The number of nitrogens with one attached hydrogen (secondary N) is 2. The van der Waals surface area contributed by atoms with Gasteiger partial charge in [0.15, 0.2) is 0 Å². The van der Waals surface area contributed by atoms with Crippen molar-refractivity contribution < 1.29 is 4.79 Å². The minimum absolute atomic E-state index is 0.0176. The summed E-state index contributed by atoms with van der Waals surface area (Å²) in [7, 11) is 0. The van der Waals surface area contributed by atoms with Gasteiger partial charge in [-0.3, -0.25) is 4.79 Å². The largest absolute Gasteiger partial charge is 0.399 e. The van der Waals surface area contributed by atoms with Gasteiger partial charge in [-0.2, -0.15) is 5.10 Å². The molecule has 1 aliphatic heterocycles. The van der Waals surface area contributed by atoms with Crippen LogP contribution in [0.3, 0.4) is 0 Å². The number of hydrazone groups is 1. The standard InChI is InChI=1S/C20H18N4O/c1-12(13-6-8-15(21)9-7-13)19-17(20(25)24-23-19)10-14-11-22-18-5-3-2-4-16(14)18/h2-12,22H,21H2,1H3,(H,24,25)/b17-10-. The highest BCUT2D eigenvalue weighted by Crippen LogP contribution is 2.27. The topological polar surface area (TPSA) is 83.3 Å². The van der Waals surface area contributed by atoms with Crippen LogP contribution in [0.15, 0.2) is 65.4 Å². The number of hydrogen-bond acceptors (Lipinski definition) is 3. The van der Waals surface area contributed by atoms with Crippen molar-refractivity contribution in [3.63, 3.8) is 0 Å². The average Bonchev–Trinajstić information content (AvgIpc) is 3.20. The van der Waals surface area contributed by atoms with Gasteiger partial charge in [0.05, 0.1) is 11.3 Å². The first-order valence-electron chi connectivity index (χ1n) is 8.15. The molecule has 2 heterocycles. The van der Waals surface area contributed by atoms with E-state index in [2.05, 4.69) is 15.5 Å². The predicted molar refractivity (Wildman–Crippen MR) is 101 cm³/mol. The van der Waals surface area contributed by atoms with Gasteiger partial charge in [0.25, 0.3) is 5.91 Å². The molecule has 1 aliphatic rings. The molecule has 0 saturated heterocycles. The second kappa shape index (κ2) is 5.94. The molecule has 124 valence electrons. The molecule has 25 heavy (non-hydrogen) atoms. The number of carbonyl (C=O) groups excluding carboxylic acids is 1. The number of para-hydroxylation sites is 1. The molecule has 0 radical (unpaired) electrons. The van der Waals surface area contributed by atoms with Crippen molar-refractivity contribution in [3.8, 4) is 0 Å². The lowest BCUT2D eigenvalue weighted by molar-refractivity contribution is -0.116. The fraction of sp³-hybridized carbons (Fsp3) is 0.100. The molecular formula is C20H18N4O. The van der Waals surface area contributed by atoms with Gasteiger partial charge < -0.3 is 10.7 Å². The van der Waals surface area contributed by atoms with E-state index < -0.39 is 0 Å². The molecule has 0 bridgehead atoms. The number of rotatable bonds is 3. The first-order valence-corrected chi connectivity index (χ1v) is 8.15. The number of H-pyrrole nitrogens is 1. The van der Waals surface area contributed by atoms with Crippen LogP contribution in [-0.2, 0) is 4.79 Å². The van der Waals surface area contributed by atoms with Crippen LogP contribution in [0.1, 0.15) is 24.0 Å². The number of aromatic nitrogens is 1. The summed E-state index contributed by atoms with van der Waals surface area (Å²) in [5, 5.41) is 5.34. The number of benzene rings is 2. The number of anilines is 1. The maximum Gasteiger partial charge on any atom is 0.273 e. The Bertz CT molecular complexity index is 1010. The molecule has 2 aromatic carbocycles. The minimum atomic E-state index is -0.178. The summed E-state index contributed by atoms with van der Waals surface area (Å²) in [6, 6.07) is 15.7. The molecule has 1 amide bonds. The van der Waals surface area contributed by atoms with Crippen LogP contribution < -0.4 is 11.2 Å².